The molecule has 8 nitrogen and oxygen atoms in total. The second-order valence-electron chi connectivity index (χ2n) is 2.85. The third-order valence-corrected chi connectivity index (χ3v) is 3.94. The maximum absolute atomic E-state index is 11.6. The lowest BCUT2D eigenvalue weighted by atomic mass is 10.7. The van der Waals surface area contributed by atoms with Crippen molar-refractivity contribution in [1.29, 1.82) is 0 Å². The van der Waals surface area contributed by atoms with Crippen LogP contribution in [0.5, 0.6) is 0 Å². The van der Waals surface area contributed by atoms with Gasteiger partial charge in [-0.3, -0.25) is 5.32 Å². The van der Waals surface area contributed by atoms with Gasteiger partial charge in [0.1, 0.15) is 5.88 Å². The van der Waals surface area contributed by atoms with Crippen molar-refractivity contribution in [2.75, 3.05) is 19.5 Å². The molecule has 0 radical (unpaired) electrons. The highest BCUT2D eigenvalue weighted by molar-refractivity contribution is 8.14. The van der Waals surface area contributed by atoms with E-state index in [1.165, 1.54) is 13.1 Å². The number of carbonyl (C=O) groups excluding carboxylic acids is 1. The molecule has 0 atom stereocenters. The number of hydrazone groups is 1. The largest absolute Gasteiger partial charge is 0.341 e. The molecule has 96 valence electrons. The van der Waals surface area contributed by atoms with Crippen LogP contribution in [-0.2, 0) is 10.2 Å². The van der Waals surface area contributed by atoms with E-state index in [1.54, 1.807) is 0 Å². The van der Waals surface area contributed by atoms with Gasteiger partial charge in [0.2, 0.25) is 0 Å². The molecule has 0 saturated carbocycles. The molecule has 1 aliphatic heterocycles. The fourth-order valence-electron chi connectivity index (χ4n) is 0.858. The van der Waals surface area contributed by atoms with Gasteiger partial charge >= 0.3 is 16.2 Å². The van der Waals surface area contributed by atoms with E-state index in [1.807, 2.05) is 0 Å². The number of amidine groups is 1. The van der Waals surface area contributed by atoms with Gasteiger partial charge in [-0.1, -0.05) is 17.8 Å². The summed E-state index contributed by atoms with van der Waals surface area (Å²) in [6.45, 7) is 3.53. The summed E-state index contributed by atoms with van der Waals surface area (Å²) in [5.41, 5.74) is 0. The van der Waals surface area contributed by atoms with Gasteiger partial charge in [-0.25, -0.2) is 4.79 Å². The molecule has 1 heterocycles. The molecule has 0 spiro atoms. The predicted molar refractivity (Wildman–Crippen MR) is 66.4 cm³/mol. The number of rotatable bonds is 4. The molecule has 0 bridgehead atoms. The van der Waals surface area contributed by atoms with Crippen molar-refractivity contribution < 1.29 is 13.2 Å². The van der Waals surface area contributed by atoms with Gasteiger partial charge in [0.15, 0.2) is 5.17 Å². The summed E-state index contributed by atoms with van der Waals surface area (Å²) in [4.78, 5) is 11.0. The number of nitrogens with zero attached hydrogens (tertiary/aromatic N) is 2. The molecule has 17 heavy (non-hydrogen) atoms. The zero-order valence-corrected chi connectivity index (χ0v) is 10.8. The molecule has 0 aromatic carbocycles. The minimum Gasteiger partial charge on any atom is -0.341 e. The number of nitrogens with one attached hydrogen (secondary N) is 3. The third kappa shape index (κ3) is 3.91. The Bertz CT molecular complexity index is 433. The van der Waals surface area contributed by atoms with Crippen LogP contribution in [0.15, 0.2) is 17.8 Å². The summed E-state index contributed by atoms with van der Waals surface area (Å²) in [6.07, 6.45) is 1.42. The van der Waals surface area contributed by atoms with Gasteiger partial charge in [0, 0.05) is 13.6 Å². The fourth-order valence-corrected chi connectivity index (χ4v) is 2.90. The van der Waals surface area contributed by atoms with Gasteiger partial charge in [-0.15, -0.1) is 11.7 Å². The summed E-state index contributed by atoms with van der Waals surface area (Å²) in [6, 6.07) is -0.449. The van der Waals surface area contributed by atoms with E-state index in [0.29, 0.717) is 0 Å². The van der Waals surface area contributed by atoms with Gasteiger partial charge in [-0.05, 0) is 0 Å². The minimum atomic E-state index is -3.67. The number of hydrogen-bond donors (Lipinski definition) is 3. The van der Waals surface area contributed by atoms with E-state index in [2.05, 4.69) is 27.0 Å². The third-order valence-electron chi connectivity index (χ3n) is 1.65. The Hall–Kier alpha value is -1.26. The number of thioether (sulfide) groups is 1. The van der Waals surface area contributed by atoms with E-state index in [-0.39, 0.29) is 17.6 Å². The molecule has 1 aliphatic rings. The Morgan fingerprint density at radius 2 is 2.41 bits per heavy atom. The number of urea groups is 1. The van der Waals surface area contributed by atoms with Crippen molar-refractivity contribution in [3.8, 4) is 0 Å². The van der Waals surface area contributed by atoms with Crippen molar-refractivity contribution in [2.45, 2.75) is 0 Å². The van der Waals surface area contributed by atoms with E-state index in [9.17, 15) is 13.2 Å². The molecule has 1 rings (SSSR count). The van der Waals surface area contributed by atoms with Crippen LogP contribution >= 0.6 is 11.8 Å². The van der Waals surface area contributed by atoms with Gasteiger partial charge < -0.3 is 5.32 Å². The second-order valence-corrected chi connectivity index (χ2v) is 5.44. The van der Waals surface area contributed by atoms with Crippen LogP contribution in [0.25, 0.3) is 0 Å². The normalized spacial score (nSPS) is 15.4. The summed E-state index contributed by atoms with van der Waals surface area (Å²) >= 11 is 1.11. The highest BCUT2D eigenvalue weighted by Crippen LogP contribution is 2.17. The molecule has 0 unspecified atom stereocenters. The van der Waals surface area contributed by atoms with Crippen LogP contribution in [-0.4, -0.2) is 43.5 Å². The highest BCUT2D eigenvalue weighted by Gasteiger charge is 2.26. The minimum absolute atomic E-state index is 0.117. The first-order valence-corrected chi connectivity index (χ1v) is 7.00. The van der Waals surface area contributed by atoms with Crippen LogP contribution in [0, 0.1) is 0 Å². The van der Waals surface area contributed by atoms with Crippen LogP contribution in [0.1, 0.15) is 0 Å². The van der Waals surface area contributed by atoms with Gasteiger partial charge in [-0.2, -0.15) is 17.6 Å². The molecule has 2 amide bonds. The Kier molecular flexibility index (Phi) is 4.78. The first kappa shape index (κ1) is 13.8. The fraction of sp³-hybridized carbons (Fsp3) is 0.429. The van der Waals surface area contributed by atoms with Crippen LogP contribution in [0.4, 0.5) is 4.79 Å². The van der Waals surface area contributed by atoms with Crippen molar-refractivity contribution >= 4 is 33.2 Å². The first-order chi connectivity index (χ1) is 7.99. The Balaban J connectivity index is 2.64. The molecule has 0 fully saturated rings. The topological polar surface area (TPSA) is 103 Å². The molecular formula is C7H13N5O3S2. The predicted octanol–water partition coefficient (Wildman–Crippen LogP) is -0.787. The number of hydrogen-bond acceptors (Lipinski definition) is 5. The summed E-state index contributed by atoms with van der Waals surface area (Å²) in [5, 5.41) is 8.72. The lowest BCUT2D eigenvalue weighted by molar-refractivity contribution is 0.247. The zero-order valence-electron chi connectivity index (χ0n) is 9.13. The average molecular weight is 279 g/mol. The molecular weight excluding hydrogens is 266 g/mol. The average Bonchev–Trinajstić information content (AvgIpc) is 2.75. The molecule has 0 aliphatic carbocycles. The van der Waals surface area contributed by atoms with Crippen molar-refractivity contribution in [3.05, 3.63) is 12.7 Å². The number of carbonyl (C=O) groups is 1. The standard InChI is InChI=1S/C7H13N5O3S2/c1-3-4-9-17(14,15)12-5-16-7(11-12)10-6(13)8-2/h3,9H,1,4-5H2,2H3,(H2,8,10,11,13). The smallest absolute Gasteiger partial charge is 0.320 e. The van der Waals surface area contributed by atoms with Gasteiger partial charge in [0.25, 0.3) is 0 Å². The Morgan fingerprint density at radius 3 is 3.00 bits per heavy atom. The maximum Gasteiger partial charge on any atom is 0.320 e. The molecule has 0 saturated heterocycles. The van der Waals surface area contributed by atoms with Crippen LogP contribution < -0.4 is 15.4 Å². The quantitative estimate of drug-likeness (QED) is 0.587. The Labute approximate surface area is 104 Å². The van der Waals surface area contributed by atoms with Crippen molar-refractivity contribution in [1.82, 2.24) is 19.8 Å². The molecule has 3 N–H and O–H groups in total. The number of amides is 2. The van der Waals surface area contributed by atoms with E-state index in [4.69, 9.17) is 0 Å². The molecule has 0 aromatic rings. The van der Waals surface area contributed by atoms with Crippen LogP contribution in [0.2, 0.25) is 0 Å². The SMILES string of the molecule is C=CCNS(=O)(=O)N1CSC(NC(=O)NC)=N1. The van der Waals surface area contributed by atoms with E-state index < -0.39 is 16.2 Å². The lowest BCUT2D eigenvalue weighted by Crippen LogP contribution is -2.37. The Morgan fingerprint density at radius 1 is 1.71 bits per heavy atom. The van der Waals surface area contributed by atoms with Gasteiger partial charge in [0.05, 0.1) is 0 Å². The van der Waals surface area contributed by atoms with Crippen molar-refractivity contribution in [2.24, 2.45) is 5.10 Å². The lowest BCUT2D eigenvalue weighted by Gasteiger charge is -2.12. The maximum atomic E-state index is 11.6. The van der Waals surface area contributed by atoms with E-state index >= 15 is 0 Å². The summed E-state index contributed by atoms with van der Waals surface area (Å²) < 4.78 is 26.4. The molecule has 0 aromatic heterocycles. The zero-order chi connectivity index (χ0) is 12.9. The first-order valence-electron chi connectivity index (χ1n) is 4.58. The van der Waals surface area contributed by atoms with Crippen LogP contribution in [0.3, 0.4) is 0 Å². The molecule has 10 heteroatoms. The monoisotopic (exact) mass is 279 g/mol. The summed E-state index contributed by atoms with van der Waals surface area (Å²) in [5.74, 6) is 0.117. The van der Waals surface area contributed by atoms with Crippen molar-refractivity contribution in [3.63, 3.8) is 0 Å². The van der Waals surface area contributed by atoms with E-state index in [0.717, 1.165) is 16.2 Å². The highest BCUT2D eigenvalue weighted by atomic mass is 32.2. The summed E-state index contributed by atoms with van der Waals surface area (Å²) in [7, 11) is -2.21. The second kappa shape index (κ2) is 5.89.